The van der Waals surface area contributed by atoms with Crippen molar-refractivity contribution in [1.29, 1.82) is 5.26 Å². The molecular weight excluding hydrogens is 757 g/mol. The van der Waals surface area contributed by atoms with Crippen LogP contribution in [0.3, 0.4) is 0 Å². The van der Waals surface area contributed by atoms with Crippen molar-refractivity contribution >= 4 is 60.8 Å². The molecule has 286 valence electrons. The van der Waals surface area contributed by atoms with Gasteiger partial charge in [0, 0.05) is 48.5 Å². The van der Waals surface area contributed by atoms with Crippen molar-refractivity contribution < 1.29 is 27.4 Å². The standard InChI is InChI=1S/C37H36ClF3N10O3S/c1-18-11-48(12-19-13-50(36(19,2)3)35(52)51-17-44-16-45-51)33-26-29(46-34(47-33)53-15-37-7-4-8-49(37)14-20(39)9-37)28(41)25(27(38)30(26)54-18)21-5-6-23(40)31-24(21)22(10-42)32(43)55-31/h5-6,16-20H,4,7-9,11-15,43H2,1-3H3/t18?,19-,20+,37-/m0/s1. The van der Waals surface area contributed by atoms with E-state index >= 15 is 8.78 Å². The molecule has 7 heterocycles. The molecule has 1 amide bonds. The molecule has 2 aromatic carbocycles. The van der Waals surface area contributed by atoms with Crippen molar-refractivity contribution in [2.75, 3.05) is 50.0 Å². The summed E-state index contributed by atoms with van der Waals surface area (Å²) in [6.45, 7) is 8.09. The number of nitrogen functional groups attached to an aromatic ring is 1. The number of carbonyl (C=O) groups excluding carboxylic acids is 1. The number of nitrogens with two attached hydrogens (primary N) is 1. The molecule has 3 aromatic heterocycles. The zero-order valence-corrected chi connectivity index (χ0v) is 31.7. The van der Waals surface area contributed by atoms with Crippen LogP contribution in [-0.2, 0) is 0 Å². The first-order chi connectivity index (χ1) is 26.3. The Morgan fingerprint density at radius 2 is 2.04 bits per heavy atom. The fourth-order valence-corrected chi connectivity index (χ4v) is 10.2. The van der Waals surface area contributed by atoms with Gasteiger partial charge in [0.2, 0.25) is 0 Å². The highest BCUT2D eigenvalue weighted by molar-refractivity contribution is 7.23. The summed E-state index contributed by atoms with van der Waals surface area (Å²) in [6.07, 6.45) is 3.14. The lowest BCUT2D eigenvalue weighted by molar-refractivity contribution is -0.0148. The molecule has 18 heteroatoms. The second-order valence-electron chi connectivity index (χ2n) is 15.4. The molecule has 0 bridgehead atoms. The van der Waals surface area contributed by atoms with E-state index in [4.69, 9.17) is 31.8 Å². The molecule has 0 aliphatic carbocycles. The van der Waals surface area contributed by atoms with E-state index in [1.165, 1.54) is 29.5 Å². The predicted molar refractivity (Wildman–Crippen MR) is 200 cm³/mol. The number of likely N-dealkylation sites (tertiary alicyclic amines) is 1. The summed E-state index contributed by atoms with van der Waals surface area (Å²) < 4.78 is 61.4. The molecular formula is C37H36ClF3N10O3S. The first kappa shape index (κ1) is 35.8. The van der Waals surface area contributed by atoms with Crippen LogP contribution in [0.4, 0.5) is 28.8 Å². The number of nitrogens with zero attached hydrogens (tertiary/aromatic N) is 9. The van der Waals surface area contributed by atoms with E-state index in [0.29, 0.717) is 38.4 Å². The van der Waals surface area contributed by atoms with Crippen LogP contribution < -0.4 is 20.1 Å². The van der Waals surface area contributed by atoms with Gasteiger partial charge in [-0.1, -0.05) is 17.7 Å². The summed E-state index contributed by atoms with van der Waals surface area (Å²) in [5, 5.41) is 14.4. The summed E-state index contributed by atoms with van der Waals surface area (Å²) in [4.78, 5) is 32.5. The minimum atomic E-state index is -0.983. The first-order valence-corrected chi connectivity index (χ1v) is 19.2. The molecule has 5 aromatic rings. The first-order valence-electron chi connectivity index (χ1n) is 18.0. The van der Waals surface area contributed by atoms with Crippen molar-refractivity contribution in [1.82, 2.24) is 34.5 Å². The summed E-state index contributed by atoms with van der Waals surface area (Å²) >= 11 is 8.03. The van der Waals surface area contributed by atoms with Gasteiger partial charge in [0.25, 0.3) is 0 Å². The fraction of sp³-hybridized carbons (Fsp3) is 0.459. The zero-order chi connectivity index (χ0) is 38.6. The van der Waals surface area contributed by atoms with Crippen LogP contribution in [0.2, 0.25) is 5.02 Å². The topological polar surface area (TPSA) is 152 Å². The Hall–Kier alpha value is -4.92. The monoisotopic (exact) mass is 792 g/mol. The minimum absolute atomic E-state index is 0.00588. The van der Waals surface area contributed by atoms with Crippen LogP contribution in [0.15, 0.2) is 24.8 Å². The molecule has 0 saturated carbocycles. The molecule has 2 N–H and O–H groups in total. The number of fused-ring (bicyclic) bond motifs is 2. The quantitative estimate of drug-likeness (QED) is 0.203. The molecule has 9 rings (SSSR count). The third-order valence-electron chi connectivity index (χ3n) is 11.9. The van der Waals surface area contributed by atoms with Gasteiger partial charge in [0.15, 0.2) is 11.6 Å². The maximum atomic E-state index is 17.5. The fourth-order valence-electron chi connectivity index (χ4n) is 8.92. The van der Waals surface area contributed by atoms with E-state index in [1.807, 2.05) is 31.7 Å². The normalized spacial score (nSPS) is 24.4. The highest BCUT2D eigenvalue weighted by atomic mass is 35.5. The van der Waals surface area contributed by atoms with Gasteiger partial charge in [0.05, 0.1) is 32.8 Å². The van der Waals surface area contributed by atoms with Gasteiger partial charge in [-0.2, -0.15) is 25.0 Å². The van der Waals surface area contributed by atoms with E-state index in [9.17, 15) is 14.4 Å². The van der Waals surface area contributed by atoms with Gasteiger partial charge in [-0.25, -0.2) is 22.9 Å². The number of nitriles is 1. The summed E-state index contributed by atoms with van der Waals surface area (Å²) in [5.74, 6) is -1.08. The largest absolute Gasteiger partial charge is 0.486 e. The second kappa shape index (κ2) is 12.8. The summed E-state index contributed by atoms with van der Waals surface area (Å²) in [7, 11) is 0. The summed E-state index contributed by atoms with van der Waals surface area (Å²) in [6, 6.07) is 4.17. The molecule has 3 saturated heterocycles. The number of hydrogen-bond acceptors (Lipinski definition) is 12. The number of halogens is 4. The average molecular weight is 793 g/mol. The van der Waals surface area contributed by atoms with E-state index in [2.05, 4.69) is 20.0 Å². The number of hydrogen-bond donors (Lipinski definition) is 1. The van der Waals surface area contributed by atoms with Gasteiger partial charge >= 0.3 is 12.0 Å². The third kappa shape index (κ3) is 5.47. The minimum Gasteiger partial charge on any atom is -0.486 e. The highest BCUT2D eigenvalue weighted by Crippen LogP contribution is 2.52. The van der Waals surface area contributed by atoms with Gasteiger partial charge in [0.1, 0.15) is 59.8 Å². The van der Waals surface area contributed by atoms with Crippen molar-refractivity contribution in [3.63, 3.8) is 0 Å². The molecule has 13 nitrogen and oxygen atoms in total. The number of benzene rings is 2. The molecule has 0 radical (unpaired) electrons. The lowest BCUT2D eigenvalue weighted by atomic mass is 9.76. The third-order valence-corrected chi connectivity index (χ3v) is 13.2. The Morgan fingerprint density at radius 1 is 1.22 bits per heavy atom. The molecule has 1 unspecified atom stereocenters. The van der Waals surface area contributed by atoms with Crippen molar-refractivity contribution in [2.45, 2.75) is 63.4 Å². The van der Waals surface area contributed by atoms with Crippen LogP contribution in [-0.4, -0.2) is 103 Å². The molecule has 4 aliphatic rings. The number of thiophene rings is 1. The highest BCUT2D eigenvalue weighted by Gasteiger charge is 2.51. The Morgan fingerprint density at radius 3 is 2.78 bits per heavy atom. The lowest BCUT2D eigenvalue weighted by Gasteiger charge is -2.55. The van der Waals surface area contributed by atoms with Crippen LogP contribution in [0.1, 0.15) is 45.6 Å². The number of amides is 1. The zero-order valence-electron chi connectivity index (χ0n) is 30.2. The molecule has 4 aliphatic heterocycles. The van der Waals surface area contributed by atoms with Crippen LogP contribution in [0.25, 0.3) is 32.1 Å². The molecule has 55 heavy (non-hydrogen) atoms. The van der Waals surface area contributed by atoms with Gasteiger partial charge in [-0.15, -0.1) is 11.3 Å². The number of anilines is 2. The number of ether oxygens (including phenoxy) is 2. The number of aromatic nitrogens is 5. The predicted octanol–water partition coefficient (Wildman–Crippen LogP) is 6.41. The Bertz CT molecular complexity index is 2440. The number of rotatable bonds is 6. The maximum absolute atomic E-state index is 17.5. The second-order valence-corrected chi connectivity index (χ2v) is 16.8. The average Bonchev–Trinajstić information content (AvgIpc) is 3.93. The Kier molecular flexibility index (Phi) is 8.33. The molecule has 0 spiro atoms. The van der Waals surface area contributed by atoms with Crippen LogP contribution in [0.5, 0.6) is 11.8 Å². The smallest absolute Gasteiger partial charge is 0.346 e. The SMILES string of the molecule is CC1CN(C[C@H]2CN(C(=O)n3cncn3)C2(C)C)c2nc(OC[C@@]34CCCN3C[C@H](F)C4)nc3c(F)c(-c4ccc(F)c5sc(N)c(C#N)c45)c(Cl)c(c23)O1. The van der Waals surface area contributed by atoms with Crippen LogP contribution >= 0.6 is 22.9 Å². The van der Waals surface area contributed by atoms with E-state index in [1.54, 1.807) is 4.90 Å². The van der Waals surface area contributed by atoms with Crippen molar-refractivity contribution in [2.24, 2.45) is 5.92 Å². The van der Waals surface area contributed by atoms with Gasteiger partial charge in [-0.05, 0) is 51.8 Å². The number of carbonyl (C=O) groups is 1. The Labute approximate surface area is 322 Å². The number of alkyl halides is 1. The van der Waals surface area contributed by atoms with E-state index in [-0.39, 0.29) is 78.0 Å². The van der Waals surface area contributed by atoms with E-state index in [0.717, 1.165) is 30.7 Å². The maximum Gasteiger partial charge on any atom is 0.346 e. The van der Waals surface area contributed by atoms with Gasteiger partial charge < -0.3 is 25.0 Å². The van der Waals surface area contributed by atoms with Gasteiger partial charge in [-0.3, -0.25) is 4.90 Å². The van der Waals surface area contributed by atoms with Crippen LogP contribution in [0, 0.1) is 28.9 Å². The Balaban J connectivity index is 1.19. The molecule has 4 atom stereocenters. The molecule has 3 fully saturated rings. The van der Waals surface area contributed by atoms with Crippen molar-refractivity contribution in [3.05, 3.63) is 47.0 Å². The van der Waals surface area contributed by atoms with E-state index < -0.39 is 35.0 Å². The summed E-state index contributed by atoms with van der Waals surface area (Å²) in [5.41, 5.74) is 4.87. The lowest BCUT2D eigenvalue weighted by Crippen LogP contribution is -2.69. The van der Waals surface area contributed by atoms with Crippen molar-refractivity contribution in [3.8, 4) is 29.0 Å².